The van der Waals surface area contributed by atoms with Crippen LogP contribution >= 0.6 is 11.8 Å². The molecule has 2 nitrogen and oxygen atoms in total. The molecule has 0 aromatic rings. The summed E-state index contributed by atoms with van der Waals surface area (Å²) in [7, 11) is 2.15. The summed E-state index contributed by atoms with van der Waals surface area (Å²) in [4.78, 5) is 2.76. The second-order valence-corrected chi connectivity index (χ2v) is 8.04. The Bertz CT molecular complexity index is 271. The average Bonchev–Trinajstić information content (AvgIpc) is 2.43. The van der Waals surface area contributed by atoms with Gasteiger partial charge in [-0.05, 0) is 45.1 Å². The minimum atomic E-state index is 0.748. The fraction of sp³-hybridized carbons (Fsp3) is 1.00. The van der Waals surface area contributed by atoms with Crippen molar-refractivity contribution in [2.45, 2.75) is 63.8 Å². The summed E-state index contributed by atoms with van der Waals surface area (Å²) >= 11 is 2.15. The minimum absolute atomic E-state index is 0.748. The van der Waals surface area contributed by atoms with Crippen molar-refractivity contribution >= 4 is 11.8 Å². The second kappa shape index (κ2) is 7.33. The third-order valence-electron chi connectivity index (χ3n) is 5.52. The van der Waals surface area contributed by atoms with Crippen LogP contribution in [-0.2, 0) is 0 Å². The fourth-order valence-electron chi connectivity index (χ4n) is 3.87. The van der Waals surface area contributed by atoms with Crippen LogP contribution in [0.25, 0.3) is 0 Å². The summed E-state index contributed by atoms with van der Waals surface area (Å²) in [6.07, 6.45) is 5.62. The fourth-order valence-corrected chi connectivity index (χ4v) is 5.03. The van der Waals surface area contributed by atoms with E-state index in [1.807, 2.05) is 0 Å². The maximum atomic E-state index is 3.58. The zero-order chi connectivity index (χ0) is 13.8. The summed E-state index contributed by atoms with van der Waals surface area (Å²) in [5, 5.41) is 4.38. The van der Waals surface area contributed by atoms with Crippen molar-refractivity contribution in [2.75, 3.05) is 25.9 Å². The molecular weight excluding hydrogens is 252 g/mol. The SMILES string of the molecule is CCC1CCC(NC)C(CN2CCSC(C)C2C)C1. The van der Waals surface area contributed by atoms with Crippen molar-refractivity contribution < 1.29 is 0 Å². The van der Waals surface area contributed by atoms with Crippen LogP contribution in [0, 0.1) is 11.8 Å². The summed E-state index contributed by atoms with van der Waals surface area (Å²) in [5.74, 6) is 3.16. The number of rotatable bonds is 4. The van der Waals surface area contributed by atoms with Gasteiger partial charge < -0.3 is 5.32 Å². The summed E-state index contributed by atoms with van der Waals surface area (Å²) in [6, 6.07) is 1.50. The number of hydrogen-bond donors (Lipinski definition) is 1. The lowest BCUT2D eigenvalue weighted by atomic mass is 9.76. The molecule has 2 rings (SSSR count). The van der Waals surface area contributed by atoms with Gasteiger partial charge in [-0.25, -0.2) is 0 Å². The molecule has 0 bridgehead atoms. The topological polar surface area (TPSA) is 15.3 Å². The lowest BCUT2D eigenvalue weighted by molar-refractivity contribution is 0.118. The summed E-state index contributed by atoms with van der Waals surface area (Å²) in [5.41, 5.74) is 0. The van der Waals surface area contributed by atoms with Crippen molar-refractivity contribution in [3.8, 4) is 0 Å². The monoisotopic (exact) mass is 284 g/mol. The average molecular weight is 285 g/mol. The van der Waals surface area contributed by atoms with Crippen molar-refractivity contribution in [1.29, 1.82) is 0 Å². The van der Waals surface area contributed by atoms with Crippen LogP contribution < -0.4 is 5.32 Å². The van der Waals surface area contributed by atoms with Crippen LogP contribution in [0.4, 0.5) is 0 Å². The molecule has 112 valence electrons. The molecule has 1 saturated heterocycles. The van der Waals surface area contributed by atoms with Crippen LogP contribution in [0.3, 0.4) is 0 Å². The molecule has 0 spiro atoms. The van der Waals surface area contributed by atoms with E-state index >= 15 is 0 Å². The van der Waals surface area contributed by atoms with E-state index in [2.05, 4.69) is 49.8 Å². The van der Waals surface area contributed by atoms with E-state index in [1.165, 1.54) is 44.5 Å². The van der Waals surface area contributed by atoms with Crippen LogP contribution in [0.15, 0.2) is 0 Å². The summed E-state index contributed by atoms with van der Waals surface area (Å²) in [6.45, 7) is 9.79. The number of hydrogen-bond acceptors (Lipinski definition) is 3. The van der Waals surface area contributed by atoms with Crippen LogP contribution in [0.2, 0.25) is 0 Å². The lowest BCUT2D eigenvalue weighted by Gasteiger charge is -2.43. The summed E-state index contributed by atoms with van der Waals surface area (Å²) < 4.78 is 0. The van der Waals surface area contributed by atoms with E-state index in [0.717, 1.165) is 29.2 Å². The van der Waals surface area contributed by atoms with Gasteiger partial charge in [0, 0.05) is 36.2 Å². The van der Waals surface area contributed by atoms with Crippen LogP contribution in [0.5, 0.6) is 0 Å². The largest absolute Gasteiger partial charge is 0.317 e. The van der Waals surface area contributed by atoms with Crippen LogP contribution in [-0.4, -0.2) is 48.1 Å². The Morgan fingerprint density at radius 1 is 1.26 bits per heavy atom. The molecule has 1 N–H and O–H groups in total. The van der Waals surface area contributed by atoms with Crippen molar-refractivity contribution in [1.82, 2.24) is 10.2 Å². The van der Waals surface area contributed by atoms with Gasteiger partial charge in [0.1, 0.15) is 0 Å². The molecule has 1 aliphatic carbocycles. The highest BCUT2D eigenvalue weighted by molar-refractivity contribution is 8.00. The van der Waals surface area contributed by atoms with Gasteiger partial charge in [0.15, 0.2) is 0 Å². The van der Waals surface area contributed by atoms with E-state index in [9.17, 15) is 0 Å². The highest BCUT2D eigenvalue weighted by Crippen LogP contribution is 2.33. The first kappa shape index (κ1) is 15.7. The van der Waals surface area contributed by atoms with E-state index in [1.54, 1.807) is 0 Å². The Kier molecular flexibility index (Phi) is 6.04. The third kappa shape index (κ3) is 3.89. The van der Waals surface area contributed by atoms with Gasteiger partial charge in [0.05, 0.1) is 0 Å². The molecule has 19 heavy (non-hydrogen) atoms. The molecule has 2 aliphatic rings. The van der Waals surface area contributed by atoms with E-state index < -0.39 is 0 Å². The van der Waals surface area contributed by atoms with Gasteiger partial charge in [-0.3, -0.25) is 4.90 Å². The normalized spacial score (nSPS) is 41.4. The second-order valence-electron chi connectivity index (χ2n) is 6.55. The highest BCUT2D eigenvalue weighted by Gasteiger charge is 2.33. The molecule has 3 heteroatoms. The molecule has 1 heterocycles. The Labute approximate surface area is 124 Å². The third-order valence-corrected chi connectivity index (χ3v) is 6.86. The van der Waals surface area contributed by atoms with Gasteiger partial charge in [0.25, 0.3) is 0 Å². The molecular formula is C16H32N2S. The number of nitrogens with one attached hydrogen (secondary N) is 1. The van der Waals surface area contributed by atoms with Crippen molar-refractivity contribution in [2.24, 2.45) is 11.8 Å². The molecule has 1 aliphatic heterocycles. The first-order valence-electron chi connectivity index (χ1n) is 8.18. The predicted octanol–water partition coefficient (Wildman–Crippen LogP) is 3.23. The maximum absolute atomic E-state index is 3.58. The zero-order valence-corrected chi connectivity index (χ0v) is 14.0. The number of thioether (sulfide) groups is 1. The lowest BCUT2D eigenvalue weighted by Crippen LogP contribution is -2.51. The standard InChI is InChI=1S/C16H32N2S/c1-5-14-6-7-16(17-4)15(10-14)11-18-8-9-19-13(3)12(18)2/h12-17H,5-11H2,1-4H3. The first-order chi connectivity index (χ1) is 9.15. The highest BCUT2D eigenvalue weighted by atomic mass is 32.2. The van der Waals surface area contributed by atoms with Gasteiger partial charge in [-0.15, -0.1) is 0 Å². The molecule has 5 atom stereocenters. The minimum Gasteiger partial charge on any atom is -0.317 e. The number of nitrogens with zero attached hydrogens (tertiary/aromatic N) is 1. The van der Waals surface area contributed by atoms with Crippen molar-refractivity contribution in [3.63, 3.8) is 0 Å². The van der Waals surface area contributed by atoms with E-state index in [4.69, 9.17) is 0 Å². The van der Waals surface area contributed by atoms with Crippen LogP contribution in [0.1, 0.15) is 46.5 Å². The zero-order valence-electron chi connectivity index (χ0n) is 13.2. The Morgan fingerprint density at radius 2 is 2.05 bits per heavy atom. The van der Waals surface area contributed by atoms with Gasteiger partial charge in [-0.1, -0.05) is 20.3 Å². The van der Waals surface area contributed by atoms with Gasteiger partial charge in [-0.2, -0.15) is 11.8 Å². The molecule has 1 saturated carbocycles. The molecule has 0 aromatic carbocycles. The Hall–Kier alpha value is 0.270. The molecule has 0 amide bonds. The Morgan fingerprint density at radius 3 is 2.74 bits per heavy atom. The quantitative estimate of drug-likeness (QED) is 0.853. The molecule has 0 aromatic heterocycles. The van der Waals surface area contributed by atoms with Gasteiger partial charge >= 0.3 is 0 Å². The van der Waals surface area contributed by atoms with Gasteiger partial charge in [0.2, 0.25) is 0 Å². The predicted molar refractivity (Wildman–Crippen MR) is 86.9 cm³/mol. The molecule has 2 fully saturated rings. The van der Waals surface area contributed by atoms with E-state index in [-0.39, 0.29) is 0 Å². The maximum Gasteiger partial charge on any atom is 0.0184 e. The molecule has 0 radical (unpaired) electrons. The molecule has 5 unspecified atom stereocenters. The van der Waals surface area contributed by atoms with E-state index in [0.29, 0.717) is 0 Å². The van der Waals surface area contributed by atoms with Crippen molar-refractivity contribution in [3.05, 3.63) is 0 Å². The Balaban J connectivity index is 1.94. The smallest absolute Gasteiger partial charge is 0.0184 e. The first-order valence-corrected chi connectivity index (χ1v) is 9.23.